The summed E-state index contributed by atoms with van der Waals surface area (Å²) >= 11 is 0. The number of allylic oxidation sites excluding steroid dienone is 1. The van der Waals surface area contributed by atoms with Gasteiger partial charge in [-0.15, -0.1) is 0 Å². The van der Waals surface area contributed by atoms with Gasteiger partial charge in [-0.3, -0.25) is 4.79 Å². The van der Waals surface area contributed by atoms with Gasteiger partial charge < -0.3 is 24.8 Å². The normalized spacial score (nSPS) is 11.0. The summed E-state index contributed by atoms with van der Waals surface area (Å²) in [6.07, 6.45) is 3.87. The molecule has 1 aromatic heterocycles. The van der Waals surface area contributed by atoms with Crippen LogP contribution in [0.25, 0.3) is 17.1 Å². The number of ether oxygens (including phenoxy) is 2. The van der Waals surface area contributed by atoms with E-state index in [1.165, 1.54) is 0 Å². The zero-order valence-corrected chi connectivity index (χ0v) is 14.5. The van der Waals surface area contributed by atoms with Crippen molar-refractivity contribution in [3.63, 3.8) is 0 Å². The van der Waals surface area contributed by atoms with Crippen LogP contribution in [0.5, 0.6) is 11.5 Å². The number of benzene rings is 2. The number of carbonyl (C=O) groups excluding carboxylic acids is 1. The maximum atomic E-state index is 12.1. The molecule has 3 N–H and O–H groups in total. The number of methoxy groups -OCH3 is 1. The number of aromatic amines is 2. The molecule has 1 heterocycles. The Kier molecular flexibility index (Phi) is 5.07. The zero-order valence-electron chi connectivity index (χ0n) is 14.5. The van der Waals surface area contributed by atoms with Gasteiger partial charge in [-0.1, -0.05) is 18.2 Å². The average Bonchev–Trinajstić information content (AvgIpc) is 3.00. The van der Waals surface area contributed by atoms with Crippen molar-refractivity contribution in [2.45, 2.75) is 6.92 Å². The zero-order chi connectivity index (χ0) is 18.5. The SMILES string of the molecule is C/C=C\c1ccc(OCC(=O)Nc2ccc3[nH]c(=O)[nH]c3c2)c(OC)c1. The molecule has 0 aliphatic carbocycles. The van der Waals surface area contributed by atoms with Crippen molar-refractivity contribution < 1.29 is 14.3 Å². The second kappa shape index (κ2) is 7.60. The largest absolute Gasteiger partial charge is 0.493 e. The lowest BCUT2D eigenvalue weighted by molar-refractivity contribution is -0.118. The monoisotopic (exact) mass is 353 g/mol. The fourth-order valence-corrected chi connectivity index (χ4v) is 2.55. The standard InChI is InChI=1S/C19H19N3O4/c1-3-4-12-5-8-16(17(9-12)25-2)26-11-18(23)20-13-6-7-14-15(10-13)22-19(24)21-14/h3-10H,11H2,1-2H3,(H,20,23)(H2,21,22,24)/b4-3-. The summed E-state index contributed by atoms with van der Waals surface area (Å²) in [6.45, 7) is 1.77. The number of carbonyl (C=O) groups is 1. The molecule has 0 fully saturated rings. The highest BCUT2D eigenvalue weighted by molar-refractivity contribution is 5.93. The average molecular weight is 353 g/mol. The molecular formula is C19H19N3O4. The number of aromatic nitrogens is 2. The van der Waals surface area contributed by atoms with E-state index in [0.717, 1.165) is 5.56 Å². The quantitative estimate of drug-likeness (QED) is 0.635. The number of anilines is 1. The molecule has 1 amide bonds. The van der Waals surface area contributed by atoms with Crippen LogP contribution >= 0.6 is 0 Å². The van der Waals surface area contributed by atoms with Gasteiger partial charge in [-0.05, 0) is 42.8 Å². The van der Waals surface area contributed by atoms with E-state index in [1.54, 1.807) is 31.4 Å². The van der Waals surface area contributed by atoms with Gasteiger partial charge in [-0.2, -0.15) is 0 Å². The molecule has 7 nitrogen and oxygen atoms in total. The molecule has 0 aliphatic rings. The number of hydrogen-bond donors (Lipinski definition) is 3. The molecule has 134 valence electrons. The van der Waals surface area contributed by atoms with E-state index in [2.05, 4.69) is 15.3 Å². The van der Waals surface area contributed by atoms with E-state index >= 15 is 0 Å². The topological polar surface area (TPSA) is 96.2 Å². The second-order valence-corrected chi connectivity index (χ2v) is 5.59. The van der Waals surface area contributed by atoms with Crippen molar-refractivity contribution in [3.8, 4) is 11.5 Å². The van der Waals surface area contributed by atoms with Gasteiger partial charge in [0.05, 0.1) is 18.1 Å². The predicted octanol–water partition coefficient (Wildman–Crippen LogP) is 2.92. The van der Waals surface area contributed by atoms with E-state index in [-0.39, 0.29) is 18.2 Å². The van der Waals surface area contributed by atoms with Gasteiger partial charge in [0, 0.05) is 5.69 Å². The van der Waals surface area contributed by atoms with Gasteiger partial charge in [0.2, 0.25) is 0 Å². The van der Waals surface area contributed by atoms with Crippen LogP contribution in [0.4, 0.5) is 5.69 Å². The Bertz CT molecular complexity index is 1020. The predicted molar refractivity (Wildman–Crippen MR) is 101 cm³/mol. The second-order valence-electron chi connectivity index (χ2n) is 5.59. The third kappa shape index (κ3) is 3.94. The lowest BCUT2D eigenvalue weighted by Crippen LogP contribution is -2.20. The number of fused-ring (bicyclic) bond motifs is 1. The number of imidazole rings is 1. The lowest BCUT2D eigenvalue weighted by atomic mass is 10.2. The van der Waals surface area contributed by atoms with E-state index in [0.29, 0.717) is 28.2 Å². The summed E-state index contributed by atoms with van der Waals surface area (Å²) in [5, 5.41) is 2.73. The summed E-state index contributed by atoms with van der Waals surface area (Å²) in [7, 11) is 1.55. The molecule has 7 heteroatoms. The molecule has 0 spiro atoms. The highest BCUT2D eigenvalue weighted by Crippen LogP contribution is 2.28. The molecule has 3 rings (SSSR count). The lowest BCUT2D eigenvalue weighted by Gasteiger charge is -2.11. The third-order valence-electron chi connectivity index (χ3n) is 3.71. The van der Waals surface area contributed by atoms with Crippen LogP contribution in [-0.2, 0) is 4.79 Å². The van der Waals surface area contributed by atoms with Crippen LogP contribution in [0.3, 0.4) is 0 Å². The Morgan fingerprint density at radius 1 is 1.12 bits per heavy atom. The van der Waals surface area contributed by atoms with Gasteiger partial charge >= 0.3 is 5.69 Å². The number of H-pyrrole nitrogens is 2. The molecule has 26 heavy (non-hydrogen) atoms. The van der Waals surface area contributed by atoms with Crippen molar-refractivity contribution in [1.29, 1.82) is 0 Å². The fraction of sp³-hybridized carbons (Fsp3) is 0.158. The van der Waals surface area contributed by atoms with Crippen LogP contribution in [-0.4, -0.2) is 29.6 Å². The maximum Gasteiger partial charge on any atom is 0.323 e. The Morgan fingerprint density at radius 3 is 2.69 bits per heavy atom. The number of hydrogen-bond acceptors (Lipinski definition) is 4. The first-order valence-corrected chi connectivity index (χ1v) is 8.04. The molecule has 0 saturated heterocycles. The number of nitrogens with one attached hydrogen (secondary N) is 3. The van der Waals surface area contributed by atoms with Crippen LogP contribution in [0.1, 0.15) is 12.5 Å². The highest BCUT2D eigenvalue weighted by Gasteiger charge is 2.09. The van der Waals surface area contributed by atoms with Crippen molar-refractivity contribution in [3.05, 3.63) is 58.5 Å². The van der Waals surface area contributed by atoms with Gasteiger partial charge in [-0.25, -0.2) is 4.79 Å². The summed E-state index contributed by atoms with van der Waals surface area (Å²) < 4.78 is 10.9. The first-order valence-electron chi connectivity index (χ1n) is 8.04. The van der Waals surface area contributed by atoms with Crippen molar-refractivity contribution in [2.75, 3.05) is 19.0 Å². The van der Waals surface area contributed by atoms with Crippen molar-refractivity contribution in [2.24, 2.45) is 0 Å². The molecule has 3 aromatic rings. The first kappa shape index (κ1) is 17.3. The maximum absolute atomic E-state index is 12.1. The minimum atomic E-state index is -0.318. The van der Waals surface area contributed by atoms with E-state index in [9.17, 15) is 9.59 Å². The summed E-state index contributed by atoms with van der Waals surface area (Å²) in [4.78, 5) is 28.7. The smallest absolute Gasteiger partial charge is 0.323 e. The Morgan fingerprint density at radius 2 is 1.92 bits per heavy atom. The van der Waals surface area contributed by atoms with Crippen LogP contribution in [0.15, 0.2) is 47.3 Å². The van der Waals surface area contributed by atoms with E-state index < -0.39 is 0 Å². The molecule has 2 aromatic carbocycles. The Hall–Kier alpha value is -3.48. The molecule has 0 atom stereocenters. The number of amides is 1. The van der Waals surface area contributed by atoms with E-state index in [1.807, 2.05) is 31.2 Å². The minimum Gasteiger partial charge on any atom is -0.493 e. The third-order valence-corrected chi connectivity index (χ3v) is 3.71. The summed E-state index contributed by atoms with van der Waals surface area (Å²) in [6, 6.07) is 10.6. The Labute approximate surface area is 149 Å². The van der Waals surface area contributed by atoms with Crippen molar-refractivity contribution >= 4 is 28.7 Å². The van der Waals surface area contributed by atoms with Crippen LogP contribution < -0.4 is 20.5 Å². The molecule has 0 radical (unpaired) electrons. The summed E-state index contributed by atoms with van der Waals surface area (Å²) in [5.74, 6) is 0.725. The van der Waals surface area contributed by atoms with Crippen LogP contribution in [0.2, 0.25) is 0 Å². The van der Waals surface area contributed by atoms with Gasteiger partial charge in [0.25, 0.3) is 5.91 Å². The fourth-order valence-electron chi connectivity index (χ4n) is 2.55. The minimum absolute atomic E-state index is 0.166. The molecule has 0 aliphatic heterocycles. The van der Waals surface area contributed by atoms with Gasteiger partial charge in [0.15, 0.2) is 18.1 Å². The van der Waals surface area contributed by atoms with Crippen molar-refractivity contribution in [1.82, 2.24) is 9.97 Å². The molecule has 0 saturated carbocycles. The molecular weight excluding hydrogens is 334 g/mol. The molecule has 0 bridgehead atoms. The van der Waals surface area contributed by atoms with Gasteiger partial charge in [0.1, 0.15) is 0 Å². The number of rotatable bonds is 6. The molecule has 0 unspecified atom stereocenters. The van der Waals surface area contributed by atoms with E-state index in [4.69, 9.17) is 9.47 Å². The first-order chi connectivity index (χ1) is 12.6. The summed E-state index contributed by atoms with van der Waals surface area (Å²) in [5.41, 5.74) is 2.55. The Balaban J connectivity index is 1.65. The van der Waals surface area contributed by atoms with Crippen LogP contribution in [0, 0.1) is 0 Å². The highest BCUT2D eigenvalue weighted by atomic mass is 16.5.